The van der Waals surface area contributed by atoms with Crippen LogP contribution in [-0.2, 0) is 4.79 Å². The van der Waals surface area contributed by atoms with Crippen LogP contribution in [0.4, 0.5) is 5.69 Å². The molecule has 29 heavy (non-hydrogen) atoms. The largest absolute Gasteiger partial charge is 0.345 e. The summed E-state index contributed by atoms with van der Waals surface area (Å²) in [5.41, 5.74) is 1.67. The summed E-state index contributed by atoms with van der Waals surface area (Å²) in [6.45, 7) is 0. The number of anilines is 1. The molecule has 0 bridgehead atoms. The monoisotopic (exact) mass is 490 g/mol. The average molecular weight is 492 g/mol. The van der Waals surface area contributed by atoms with Crippen molar-refractivity contribution in [2.45, 2.75) is 12.5 Å². The Morgan fingerprint density at radius 1 is 0.897 bits per heavy atom. The van der Waals surface area contributed by atoms with E-state index in [1.807, 2.05) is 30.3 Å². The first-order valence-corrected chi connectivity index (χ1v) is 10.3. The maximum atomic E-state index is 12.7. The van der Waals surface area contributed by atoms with Crippen molar-refractivity contribution in [3.8, 4) is 0 Å². The number of nitrogens with one attached hydrogen (secondary N) is 2. The smallest absolute Gasteiger partial charge is 0.253 e. The van der Waals surface area contributed by atoms with Gasteiger partial charge in [-0.25, -0.2) is 0 Å². The molecule has 3 aromatic rings. The third kappa shape index (κ3) is 5.82. The number of halogens is 3. The van der Waals surface area contributed by atoms with Crippen molar-refractivity contribution in [2.24, 2.45) is 0 Å². The Labute approximate surface area is 187 Å². The first-order valence-electron chi connectivity index (χ1n) is 8.79. The van der Waals surface area contributed by atoms with Gasteiger partial charge < -0.3 is 10.6 Å². The van der Waals surface area contributed by atoms with Crippen molar-refractivity contribution in [3.05, 3.63) is 98.4 Å². The van der Waals surface area contributed by atoms with E-state index in [4.69, 9.17) is 23.2 Å². The van der Waals surface area contributed by atoms with E-state index < -0.39 is 6.04 Å². The number of benzene rings is 3. The lowest BCUT2D eigenvalue weighted by atomic mass is 10.0. The fourth-order valence-electron chi connectivity index (χ4n) is 2.80. The normalized spacial score (nSPS) is 11.6. The lowest BCUT2D eigenvalue weighted by Gasteiger charge is -2.20. The van der Waals surface area contributed by atoms with Crippen LogP contribution in [0.15, 0.2) is 77.3 Å². The first-order chi connectivity index (χ1) is 13.9. The van der Waals surface area contributed by atoms with Crippen molar-refractivity contribution < 1.29 is 9.59 Å². The molecule has 0 heterocycles. The Bertz CT molecular complexity index is 1030. The van der Waals surface area contributed by atoms with E-state index >= 15 is 0 Å². The van der Waals surface area contributed by atoms with E-state index in [1.165, 1.54) is 0 Å². The Hall–Kier alpha value is -2.34. The molecule has 0 spiro atoms. The van der Waals surface area contributed by atoms with Gasteiger partial charge in [-0.05, 0) is 35.9 Å². The molecule has 148 valence electrons. The number of carbonyl (C=O) groups excluding carboxylic acids is 2. The zero-order valence-corrected chi connectivity index (χ0v) is 18.3. The molecule has 0 fully saturated rings. The molecule has 0 aliphatic rings. The lowest BCUT2D eigenvalue weighted by Crippen LogP contribution is -2.31. The van der Waals surface area contributed by atoms with Gasteiger partial charge in [0, 0.05) is 4.47 Å². The van der Waals surface area contributed by atoms with Gasteiger partial charge in [-0.2, -0.15) is 0 Å². The lowest BCUT2D eigenvalue weighted by molar-refractivity contribution is -0.116. The van der Waals surface area contributed by atoms with Crippen molar-refractivity contribution in [3.63, 3.8) is 0 Å². The van der Waals surface area contributed by atoms with Crippen LogP contribution in [0, 0.1) is 0 Å². The molecule has 7 heteroatoms. The van der Waals surface area contributed by atoms with E-state index in [2.05, 4.69) is 26.6 Å². The molecule has 0 saturated heterocycles. The summed E-state index contributed by atoms with van der Waals surface area (Å²) in [5, 5.41) is 6.47. The summed E-state index contributed by atoms with van der Waals surface area (Å²) < 4.78 is 0.815. The minimum atomic E-state index is -0.533. The van der Waals surface area contributed by atoms with E-state index in [0.29, 0.717) is 21.3 Å². The van der Waals surface area contributed by atoms with Crippen LogP contribution < -0.4 is 10.6 Å². The highest BCUT2D eigenvalue weighted by Gasteiger charge is 2.21. The fraction of sp³-hybridized carbons (Fsp3) is 0.0909. The summed E-state index contributed by atoms with van der Waals surface area (Å²) in [5.74, 6) is -0.624. The second kappa shape index (κ2) is 9.92. The molecule has 3 rings (SSSR count). The molecule has 0 radical (unpaired) electrons. The minimum Gasteiger partial charge on any atom is -0.345 e. The van der Waals surface area contributed by atoms with Gasteiger partial charge in [0.1, 0.15) is 0 Å². The zero-order chi connectivity index (χ0) is 20.8. The molecule has 0 aliphatic heterocycles. The molecule has 1 atom stereocenters. The average Bonchev–Trinajstić information content (AvgIpc) is 2.70. The van der Waals surface area contributed by atoms with Crippen LogP contribution in [0.3, 0.4) is 0 Å². The van der Waals surface area contributed by atoms with Gasteiger partial charge in [0.2, 0.25) is 5.91 Å². The van der Waals surface area contributed by atoms with Crippen LogP contribution >= 0.6 is 39.1 Å². The Morgan fingerprint density at radius 2 is 1.59 bits per heavy atom. The molecule has 0 unspecified atom stereocenters. The Balaban J connectivity index is 1.78. The summed E-state index contributed by atoms with van der Waals surface area (Å²) in [7, 11) is 0. The standard InChI is InChI=1S/C22H17BrCl2N2O2/c23-15-10-11-19(18(25)12-15)26-21(28)13-20(14-6-2-1-3-7-14)27-22(29)16-8-4-5-9-17(16)24/h1-12,20H,13H2,(H,26,28)(H,27,29)/t20-/m1/s1. The summed E-state index contributed by atoms with van der Waals surface area (Å²) in [4.78, 5) is 25.4. The van der Waals surface area contributed by atoms with E-state index in [0.717, 1.165) is 10.0 Å². The molecule has 4 nitrogen and oxygen atoms in total. The SMILES string of the molecule is O=C(C[C@@H](NC(=O)c1ccccc1Cl)c1ccccc1)Nc1ccc(Br)cc1Cl. The number of carbonyl (C=O) groups is 2. The number of rotatable bonds is 6. The van der Waals surface area contributed by atoms with Gasteiger partial charge >= 0.3 is 0 Å². The summed E-state index contributed by atoms with van der Waals surface area (Å²) in [6.07, 6.45) is 0.0343. The highest BCUT2D eigenvalue weighted by Crippen LogP contribution is 2.27. The predicted molar refractivity (Wildman–Crippen MR) is 120 cm³/mol. The van der Waals surface area contributed by atoms with Gasteiger partial charge in [-0.1, -0.05) is 81.6 Å². The molecule has 0 aliphatic carbocycles. The maximum absolute atomic E-state index is 12.7. The summed E-state index contributed by atoms with van der Waals surface area (Å²) >= 11 is 15.6. The quantitative estimate of drug-likeness (QED) is 0.427. The van der Waals surface area contributed by atoms with Gasteiger partial charge in [-0.15, -0.1) is 0 Å². The number of hydrogen-bond donors (Lipinski definition) is 2. The van der Waals surface area contributed by atoms with Crippen LogP contribution in [0.25, 0.3) is 0 Å². The third-order valence-electron chi connectivity index (χ3n) is 4.22. The summed E-state index contributed by atoms with van der Waals surface area (Å²) in [6, 6.07) is 20.7. The zero-order valence-electron chi connectivity index (χ0n) is 15.2. The van der Waals surface area contributed by atoms with Gasteiger partial charge in [0.25, 0.3) is 5.91 Å². The van der Waals surface area contributed by atoms with Crippen molar-refractivity contribution in [1.29, 1.82) is 0 Å². The maximum Gasteiger partial charge on any atom is 0.253 e. The second-order valence-corrected chi connectivity index (χ2v) is 8.02. The van der Waals surface area contributed by atoms with Crippen LogP contribution in [-0.4, -0.2) is 11.8 Å². The van der Waals surface area contributed by atoms with Crippen molar-refractivity contribution in [1.82, 2.24) is 5.32 Å². The molecule has 2 amide bonds. The fourth-order valence-corrected chi connectivity index (χ4v) is 3.74. The molecular weight excluding hydrogens is 475 g/mol. The topological polar surface area (TPSA) is 58.2 Å². The van der Waals surface area contributed by atoms with Crippen LogP contribution in [0.1, 0.15) is 28.4 Å². The third-order valence-corrected chi connectivity index (χ3v) is 5.36. The van der Waals surface area contributed by atoms with E-state index in [9.17, 15) is 9.59 Å². The number of amides is 2. The molecule has 0 saturated carbocycles. The molecule has 2 N–H and O–H groups in total. The van der Waals surface area contributed by atoms with Gasteiger partial charge in [0.15, 0.2) is 0 Å². The second-order valence-electron chi connectivity index (χ2n) is 6.29. The highest BCUT2D eigenvalue weighted by molar-refractivity contribution is 9.10. The van der Waals surface area contributed by atoms with Crippen molar-refractivity contribution >= 4 is 56.6 Å². The Morgan fingerprint density at radius 3 is 2.28 bits per heavy atom. The molecule has 3 aromatic carbocycles. The van der Waals surface area contributed by atoms with E-state index in [-0.39, 0.29) is 18.2 Å². The predicted octanol–water partition coefficient (Wildman–Crippen LogP) is 6.26. The van der Waals surface area contributed by atoms with Gasteiger partial charge in [-0.3, -0.25) is 9.59 Å². The van der Waals surface area contributed by atoms with E-state index in [1.54, 1.807) is 42.5 Å². The highest BCUT2D eigenvalue weighted by atomic mass is 79.9. The van der Waals surface area contributed by atoms with Crippen LogP contribution in [0.2, 0.25) is 10.0 Å². The molecular formula is C22H17BrCl2N2O2. The Kier molecular flexibility index (Phi) is 7.31. The number of hydrogen-bond acceptors (Lipinski definition) is 2. The van der Waals surface area contributed by atoms with Gasteiger partial charge in [0.05, 0.1) is 33.8 Å². The van der Waals surface area contributed by atoms with Crippen molar-refractivity contribution in [2.75, 3.05) is 5.32 Å². The van der Waals surface area contributed by atoms with Crippen LogP contribution in [0.5, 0.6) is 0 Å². The minimum absolute atomic E-state index is 0.0343. The first kappa shape index (κ1) is 21.4. The molecule has 0 aromatic heterocycles.